The van der Waals surface area contributed by atoms with E-state index < -0.39 is 5.41 Å². The van der Waals surface area contributed by atoms with E-state index in [0.29, 0.717) is 0 Å². The Balaban J connectivity index is 2.72. The molecule has 0 radical (unpaired) electrons. The first kappa shape index (κ1) is 8.53. The molecule has 0 spiro atoms. The van der Waals surface area contributed by atoms with Crippen molar-refractivity contribution in [2.24, 2.45) is 16.9 Å². The molecule has 1 aliphatic rings. The zero-order chi connectivity index (χ0) is 8.48. The van der Waals surface area contributed by atoms with Crippen LogP contribution in [0.4, 0.5) is 0 Å². The van der Waals surface area contributed by atoms with Gasteiger partial charge < -0.3 is 11.5 Å². The minimum atomic E-state index is -0.446. The van der Waals surface area contributed by atoms with Gasteiger partial charge in [-0.25, -0.2) is 0 Å². The maximum Gasteiger partial charge on any atom is 0.224 e. The Kier molecular flexibility index (Phi) is 2.18. The molecular weight excluding hydrogens is 140 g/mol. The molecule has 1 amide bonds. The zero-order valence-electron chi connectivity index (χ0n) is 6.97. The molecule has 4 N–H and O–H groups in total. The van der Waals surface area contributed by atoms with Crippen molar-refractivity contribution in [2.75, 3.05) is 0 Å². The van der Waals surface area contributed by atoms with Crippen molar-refractivity contribution in [3.8, 4) is 0 Å². The summed E-state index contributed by atoms with van der Waals surface area (Å²) in [7, 11) is 0. The van der Waals surface area contributed by atoms with Gasteiger partial charge in [0.15, 0.2) is 0 Å². The Morgan fingerprint density at radius 2 is 2.18 bits per heavy atom. The molecule has 1 fully saturated rings. The molecule has 0 aliphatic heterocycles. The predicted octanol–water partition coefficient (Wildman–Crippen LogP) is 0.379. The summed E-state index contributed by atoms with van der Waals surface area (Å²) in [5.74, 6) is -0.246. The number of hydrogen-bond donors (Lipinski definition) is 2. The third kappa shape index (κ3) is 1.38. The van der Waals surface area contributed by atoms with Crippen LogP contribution in [0.5, 0.6) is 0 Å². The van der Waals surface area contributed by atoms with Crippen molar-refractivity contribution in [3.63, 3.8) is 0 Å². The highest BCUT2D eigenvalue weighted by Crippen LogP contribution is 2.34. The van der Waals surface area contributed by atoms with Crippen LogP contribution in [-0.4, -0.2) is 11.9 Å². The Labute approximate surface area is 67.1 Å². The molecule has 0 heterocycles. The summed E-state index contributed by atoms with van der Waals surface area (Å²) in [5.41, 5.74) is 10.6. The normalized spacial score (nSPS) is 38.5. The van der Waals surface area contributed by atoms with Gasteiger partial charge >= 0.3 is 0 Å². The van der Waals surface area contributed by atoms with E-state index in [1.165, 1.54) is 0 Å². The van der Waals surface area contributed by atoms with Crippen LogP contribution in [0.25, 0.3) is 0 Å². The molecule has 0 aromatic rings. The molecule has 2 unspecified atom stereocenters. The van der Waals surface area contributed by atoms with E-state index in [4.69, 9.17) is 11.5 Å². The summed E-state index contributed by atoms with van der Waals surface area (Å²) in [6.45, 7) is 1.87. The van der Waals surface area contributed by atoms with Crippen LogP contribution in [0.15, 0.2) is 0 Å². The first-order valence-electron chi connectivity index (χ1n) is 4.13. The maximum atomic E-state index is 11.0. The average Bonchev–Trinajstić information content (AvgIpc) is 1.95. The molecule has 0 saturated heterocycles. The second-order valence-electron chi connectivity index (χ2n) is 3.63. The second-order valence-corrected chi connectivity index (χ2v) is 3.63. The zero-order valence-corrected chi connectivity index (χ0v) is 6.97. The number of nitrogens with two attached hydrogens (primary N) is 2. The molecule has 0 aromatic heterocycles. The third-order valence-corrected chi connectivity index (χ3v) is 2.84. The summed E-state index contributed by atoms with van der Waals surface area (Å²) in [6, 6.07) is -0.0336. The van der Waals surface area contributed by atoms with Crippen LogP contribution in [0.3, 0.4) is 0 Å². The van der Waals surface area contributed by atoms with Gasteiger partial charge in [0.25, 0.3) is 0 Å². The van der Waals surface area contributed by atoms with E-state index in [-0.39, 0.29) is 11.9 Å². The fourth-order valence-electron chi connectivity index (χ4n) is 1.67. The van der Waals surface area contributed by atoms with Crippen LogP contribution in [0.2, 0.25) is 0 Å². The lowest BCUT2D eigenvalue weighted by atomic mass is 9.71. The molecule has 1 rings (SSSR count). The molecule has 11 heavy (non-hydrogen) atoms. The van der Waals surface area contributed by atoms with Crippen LogP contribution in [0.1, 0.15) is 32.6 Å². The summed E-state index contributed by atoms with van der Waals surface area (Å²) < 4.78 is 0. The van der Waals surface area contributed by atoms with E-state index in [1.807, 2.05) is 6.92 Å². The highest BCUT2D eigenvalue weighted by molar-refractivity contribution is 5.81. The first-order valence-corrected chi connectivity index (χ1v) is 4.13. The van der Waals surface area contributed by atoms with Crippen molar-refractivity contribution >= 4 is 5.91 Å². The van der Waals surface area contributed by atoms with E-state index in [0.717, 1.165) is 25.7 Å². The lowest BCUT2D eigenvalue weighted by molar-refractivity contribution is -0.129. The number of carbonyl (C=O) groups excluding carboxylic acids is 1. The lowest BCUT2D eigenvalue weighted by Gasteiger charge is -2.36. The number of hydrogen-bond acceptors (Lipinski definition) is 2. The van der Waals surface area contributed by atoms with Crippen LogP contribution in [0, 0.1) is 5.41 Å². The monoisotopic (exact) mass is 156 g/mol. The standard InChI is InChI=1S/C8H16N2O/c1-8(7(10)11)5-3-2-4-6(8)9/h6H,2-5,9H2,1H3,(H2,10,11). The van der Waals surface area contributed by atoms with E-state index >= 15 is 0 Å². The van der Waals surface area contributed by atoms with Crippen LogP contribution >= 0.6 is 0 Å². The number of primary amides is 1. The Morgan fingerprint density at radius 3 is 2.55 bits per heavy atom. The molecule has 3 heteroatoms. The SMILES string of the molecule is CC1(C(N)=O)CCCCC1N. The summed E-state index contributed by atoms with van der Waals surface area (Å²) in [4.78, 5) is 11.0. The van der Waals surface area contributed by atoms with Gasteiger partial charge in [-0.05, 0) is 19.8 Å². The molecule has 0 bridgehead atoms. The van der Waals surface area contributed by atoms with Crippen molar-refractivity contribution in [1.29, 1.82) is 0 Å². The van der Waals surface area contributed by atoms with Crippen LogP contribution in [-0.2, 0) is 4.79 Å². The molecular formula is C8H16N2O. The Morgan fingerprint density at radius 1 is 1.55 bits per heavy atom. The van der Waals surface area contributed by atoms with Gasteiger partial charge in [0, 0.05) is 6.04 Å². The molecule has 1 aliphatic carbocycles. The molecule has 2 atom stereocenters. The van der Waals surface area contributed by atoms with Crippen molar-refractivity contribution in [2.45, 2.75) is 38.6 Å². The quantitative estimate of drug-likeness (QED) is 0.576. The topological polar surface area (TPSA) is 69.1 Å². The van der Waals surface area contributed by atoms with Gasteiger partial charge in [-0.3, -0.25) is 4.79 Å². The van der Waals surface area contributed by atoms with Crippen molar-refractivity contribution < 1.29 is 4.79 Å². The lowest BCUT2D eigenvalue weighted by Crippen LogP contribution is -2.50. The van der Waals surface area contributed by atoms with E-state index in [9.17, 15) is 4.79 Å². The van der Waals surface area contributed by atoms with Gasteiger partial charge in [0.2, 0.25) is 5.91 Å². The van der Waals surface area contributed by atoms with E-state index in [1.54, 1.807) is 0 Å². The molecule has 1 saturated carbocycles. The fourth-order valence-corrected chi connectivity index (χ4v) is 1.67. The predicted molar refractivity (Wildman–Crippen MR) is 43.7 cm³/mol. The minimum absolute atomic E-state index is 0.0336. The Bertz CT molecular complexity index is 169. The highest BCUT2D eigenvalue weighted by Gasteiger charge is 2.39. The third-order valence-electron chi connectivity index (χ3n) is 2.84. The smallest absolute Gasteiger partial charge is 0.224 e. The van der Waals surface area contributed by atoms with Crippen LogP contribution < -0.4 is 11.5 Å². The highest BCUT2D eigenvalue weighted by atomic mass is 16.1. The van der Waals surface area contributed by atoms with Crippen molar-refractivity contribution in [3.05, 3.63) is 0 Å². The summed E-state index contributed by atoms with van der Waals surface area (Å²) in [5, 5.41) is 0. The van der Waals surface area contributed by atoms with Gasteiger partial charge in [-0.15, -0.1) is 0 Å². The number of rotatable bonds is 1. The van der Waals surface area contributed by atoms with Crippen molar-refractivity contribution in [1.82, 2.24) is 0 Å². The van der Waals surface area contributed by atoms with Gasteiger partial charge in [0.05, 0.1) is 5.41 Å². The largest absolute Gasteiger partial charge is 0.369 e. The van der Waals surface area contributed by atoms with Gasteiger partial charge in [0.1, 0.15) is 0 Å². The minimum Gasteiger partial charge on any atom is -0.369 e. The maximum absolute atomic E-state index is 11.0. The van der Waals surface area contributed by atoms with Gasteiger partial charge in [-0.1, -0.05) is 12.8 Å². The second kappa shape index (κ2) is 2.81. The fraction of sp³-hybridized carbons (Fsp3) is 0.875. The number of amides is 1. The van der Waals surface area contributed by atoms with Gasteiger partial charge in [-0.2, -0.15) is 0 Å². The molecule has 64 valence electrons. The first-order chi connectivity index (χ1) is 5.07. The molecule has 0 aromatic carbocycles. The van der Waals surface area contributed by atoms with E-state index in [2.05, 4.69) is 0 Å². The molecule has 3 nitrogen and oxygen atoms in total. The Hall–Kier alpha value is -0.570. The summed E-state index contributed by atoms with van der Waals surface area (Å²) in [6.07, 6.45) is 3.99. The summed E-state index contributed by atoms with van der Waals surface area (Å²) >= 11 is 0. The number of carbonyl (C=O) groups is 1. The average molecular weight is 156 g/mol.